The van der Waals surface area contributed by atoms with Crippen LogP contribution in [0.5, 0.6) is 0 Å². The van der Waals surface area contributed by atoms with E-state index in [9.17, 15) is 9.18 Å². The predicted octanol–water partition coefficient (Wildman–Crippen LogP) is 3.36. The summed E-state index contributed by atoms with van der Waals surface area (Å²) in [6.45, 7) is 4.95. The van der Waals surface area contributed by atoms with Gasteiger partial charge in [-0.3, -0.25) is 4.79 Å². The second-order valence-electron chi connectivity index (χ2n) is 7.15. The van der Waals surface area contributed by atoms with Crippen LogP contribution >= 0.6 is 0 Å². The lowest BCUT2D eigenvalue weighted by Crippen LogP contribution is -2.36. The van der Waals surface area contributed by atoms with Gasteiger partial charge in [-0.15, -0.1) is 0 Å². The number of nitrogens with zero attached hydrogens (tertiary/aromatic N) is 3. The van der Waals surface area contributed by atoms with E-state index in [1.54, 1.807) is 24.5 Å². The van der Waals surface area contributed by atoms with Gasteiger partial charge in [-0.2, -0.15) is 0 Å². The number of hydrogen-bond acceptors (Lipinski definition) is 5. The molecule has 1 aromatic carbocycles. The van der Waals surface area contributed by atoms with Crippen molar-refractivity contribution in [1.29, 1.82) is 0 Å². The van der Waals surface area contributed by atoms with Crippen molar-refractivity contribution in [2.45, 2.75) is 39.2 Å². The van der Waals surface area contributed by atoms with Gasteiger partial charge in [0.25, 0.3) is 0 Å². The smallest absolute Gasteiger partial charge is 0.220 e. The Balaban J connectivity index is 1.46. The van der Waals surface area contributed by atoms with Crippen LogP contribution in [0, 0.1) is 11.7 Å². The number of carbonyl (C=O) groups is 1. The van der Waals surface area contributed by atoms with Gasteiger partial charge in [0.15, 0.2) is 0 Å². The molecular formula is C21H28FN5O. The van der Waals surface area contributed by atoms with Crippen molar-refractivity contribution in [2.75, 3.05) is 29.9 Å². The maximum absolute atomic E-state index is 13.6. The zero-order valence-electron chi connectivity index (χ0n) is 16.3. The number of halogens is 1. The van der Waals surface area contributed by atoms with Gasteiger partial charge in [-0.05, 0) is 38.2 Å². The minimum atomic E-state index is -0.285. The minimum Gasteiger partial charge on any atom is -0.370 e. The molecule has 0 bridgehead atoms. The van der Waals surface area contributed by atoms with Crippen molar-refractivity contribution >= 4 is 17.5 Å². The van der Waals surface area contributed by atoms with Crippen LogP contribution in [0.1, 0.15) is 38.2 Å². The third kappa shape index (κ3) is 5.65. The average Bonchev–Trinajstić information content (AvgIpc) is 2.72. The summed E-state index contributed by atoms with van der Waals surface area (Å²) in [5.41, 5.74) is 0.514. The maximum atomic E-state index is 13.6. The first kappa shape index (κ1) is 20.0. The molecule has 28 heavy (non-hydrogen) atoms. The van der Waals surface area contributed by atoms with E-state index in [1.807, 2.05) is 13.0 Å². The molecule has 1 amide bonds. The summed E-state index contributed by atoms with van der Waals surface area (Å²) >= 11 is 0. The van der Waals surface area contributed by atoms with Crippen LogP contribution < -0.4 is 15.5 Å². The molecule has 150 valence electrons. The van der Waals surface area contributed by atoms with Crippen molar-refractivity contribution in [2.24, 2.45) is 5.92 Å². The van der Waals surface area contributed by atoms with Gasteiger partial charge in [-0.1, -0.05) is 18.2 Å². The highest BCUT2D eigenvalue weighted by Gasteiger charge is 2.22. The van der Waals surface area contributed by atoms with E-state index in [1.165, 1.54) is 6.07 Å². The number of rotatable bonds is 8. The number of aromatic nitrogens is 2. The van der Waals surface area contributed by atoms with Gasteiger partial charge in [0, 0.05) is 44.2 Å². The van der Waals surface area contributed by atoms with Crippen LogP contribution in [0.2, 0.25) is 0 Å². The van der Waals surface area contributed by atoms with Gasteiger partial charge in [0.05, 0.1) is 0 Å². The quantitative estimate of drug-likeness (QED) is 0.729. The number of anilines is 2. The molecule has 6 nitrogen and oxygen atoms in total. The van der Waals surface area contributed by atoms with Gasteiger partial charge < -0.3 is 15.5 Å². The summed E-state index contributed by atoms with van der Waals surface area (Å²) in [4.78, 5) is 23.1. The lowest BCUT2D eigenvalue weighted by Gasteiger charge is -2.33. The molecule has 0 radical (unpaired) electrons. The first-order valence-corrected chi connectivity index (χ1v) is 9.96. The first-order chi connectivity index (χ1) is 13.7. The zero-order chi connectivity index (χ0) is 19.8. The van der Waals surface area contributed by atoms with E-state index < -0.39 is 0 Å². The fourth-order valence-electron chi connectivity index (χ4n) is 3.57. The molecular weight excluding hydrogens is 357 g/mol. The molecule has 0 spiro atoms. The van der Waals surface area contributed by atoms with Gasteiger partial charge in [0.1, 0.15) is 23.8 Å². The molecule has 0 unspecified atom stereocenters. The molecule has 3 rings (SSSR count). The Morgan fingerprint density at radius 1 is 1.32 bits per heavy atom. The Morgan fingerprint density at radius 2 is 2.18 bits per heavy atom. The number of carbonyl (C=O) groups excluding carboxylic acids is 1. The average molecular weight is 385 g/mol. The molecule has 1 fully saturated rings. The fraction of sp³-hybridized carbons (Fsp3) is 0.476. The SMILES string of the molecule is CCNc1cc(N2CCC[C@H](CCC(=O)NCc3ccccc3F)C2)ncn1. The highest BCUT2D eigenvalue weighted by molar-refractivity contribution is 5.75. The largest absolute Gasteiger partial charge is 0.370 e. The molecule has 0 aliphatic carbocycles. The third-order valence-corrected chi connectivity index (χ3v) is 5.07. The molecule has 1 atom stereocenters. The number of benzene rings is 1. The summed E-state index contributed by atoms with van der Waals surface area (Å²) in [6.07, 6.45) is 5.07. The molecule has 1 aliphatic rings. The van der Waals surface area contributed by atoms with E-state index in [2.05, 4.69) is 25.5 Å². The van der Waals surface area contributed by atoms with Crippen molar-refractivity contribution in [3.05, 3.63) is 48.0 Å². The lowest BCUT2D eigenvalue weighted by molar-refractivity contribution is -0.121. The number of amides is 1. The van der Waals surface area contributed by atoms with Gasteiger partial charge >= 0.3 is 0 Å². The van der Waals surface area contributed by atoms with E-state index >= 15 is 0 Å². The minimum absolute atomic E-state index is 0.0307. The molecule has 1 aliphatic heterocycles. The number of hydrogen-bond donors (Lipinski definition) is 2. The van der Waals surface area contributed by atoms with Crippen molar-refractivity contribution in [1.82, 2.24) is 15.3 Å². The van der Waals surface area contributed by atoms with E-state index in [-0.39, 0.29) is 18.3 Å². The summed E-state index contributed by atoms with van der Waals surface area (Å²) < 4.78 is 13.6. The van der Waals surface area contributed by atoms with Gasteiger partial charge in [-0.25, -0.2) is 14.4 Å². The van der Waals surface area contributed by atoms with E-state index in [4.69, 9.17) is 0 Å². The molecule has 7 heteroatoms. The van der Waals surface area contributed by atoms with Crippen LogP contribution in [0.3, 0.4) is 0 Å². The van der Waals surface area contributed by atoms with Crippen LogP contribution in [-0.2, 0) is 11.3 Å². The maximum Gasteiger partial charge on any atom is 0.220 e. The Kier molecular flexibility index (Phi) is 7.17. The fourth-order valence-corrected chi connectivity index (χ4v) is 3.57. The second kappa shape index (κ2) is 10.0. The normalized spacial score (nSPS) is 16.6. The molecule has 1 saturated heterocycles. The van der Waals surface area contributed by atoms with Crippen molar-refractivity contribution in [3.63, 3.8) is 0 Å². The Bertz CT molecular complexity index is 785. The molecule has 1 aromatic heterocycles. The third-order valence-electron chi connectivity index (χ3n) is 5.07. The Labute approximate surface area is 165 Å². The Morgan fingerprint density at radius 3 is 3.00 bits per heavy atom. The molecule has 2 aromatic rings. The summed E-state index contributed by atoms with van der Waals surface area (Å²) in [5, 5.41) is 6.03. The highest BCUT2D eigenvalue weighted by Crippen LogP contribution is 2.25. The summed E-state index contributed by atoms with van der Waals surface area (Å²) in [6, 6.07) is 8.50. The van der Waals surface area contributed by atoms with Crippen LogP contribution in [0.4, 0.5) is 16.0 Å². The zero-order valence-corrected chi connectivity index (χ0v) is 16.3. The van der Waals surface area contributed by atoms with Gasteiger partial charge in [0.2, 0.25) is 5.91 Å². The number of nitrogens with one attached hydrogen (secondary N) is 2. The topological polar surface area (TPSA) is 70.2 Å². The van der Waals surface area contributed by atoms with Crippen molar-refractivity contribution in [3.8, 4) is 0 Å². The summed E-state index contributed by atoms with van der Waals surface area (Å²) in [7, 11) is 0. The molecule has 2 N–H and O–H groups in total. The van der Waals surface area contributed by atoms with Crippen molar-refractivity contribution < 1.29 is 9.18 Å². The van der Waals surface area contributed by atoms with E-state index in [0.717, 1.165) is 50.5 Å². The predicted molar refractivity (Wildman–Crippen MR) is 109 cm³/mol. The first-order valence-electron chi connectivity index (χ1n) is 9.96. The Hall–Kier alpha value is -2.70. The molecule has 0 saturated carbocycles. The molecule has 2 heterocycles. The lowest BCUT2D eigenvalue weighted by atomic mass is 9.93. The highest BCUT2D eigenvalue weighted by atomic mass is 19.1. The monoisotopic (exact) mass is 385 g/mol. The standard InChI is InChI=1S/C21H28FN5O/c1-2-23-19-12-20(26-15-25-19)27-11-5-6-16(14-27)9-10-21(28)24-13-17-7-3-4-8-18(17)22/h3-4,7-8,12,15-16H,2,5-6,9-11,13-14H2,1H3,(H,24,28)(H,23,25,26)/t16-/m1/s1. The number of piperidine rings is 1. The van der Waals surface area contributed by atoms with E-state index in [0.29, 0.717) is 17.9 Å². The van der Waals surface area contributed by atoms with Crippen LogP contribution in [0.15, 0.2) is 36.7 Å². The second-order valence-corrected chi connectivity index (χ2v) is 7.15. The van der Waals surface area contributed by atoms with Crippen LogP contribution in [-0.4, -0.2) is 35.5 Å². The summed E-state index contributed by atoms with van der Waals surface area (Å²) in [5.74, 6) is 1.90. The van der Waals surface area contributed by atoms with Crippen LogP contribution in [0.25, 0.3) is 0 Å².